The SMILES string of the molecule is C#CCC1CCCN(C(=O)C(NC(=O)c2ccccc2)C(C)CC)C1. The lowest BCUT2D eigenvalue weighted by molar-refractivity contribution is -0.136. The van der Waals surface area contributed by atoms with E-state index in [1.807, 2.05) is 36.9 Å². The van der Waals surface area contributed by atoms with Gasteiger partial charge >= 0.3 is 0 Å². The highest BCUT2D eigenvalue weighted by Gasteiger charge is 2.32. The Kier molecular flexibility index (Phi) is 7.06. The summed E-state index contributed by atoms with van der Waals surface area (Å²) in [4.78, 5) is 27.5. The van der Waals surface area contributed by atoms with E-state index in [9.17, 15) is 9.59 Å². The molecule has 1 saturated heterocycles. The number of benzene rings is 1. The monoisotopic (exact) mass is 340 g/mol. The van der Waals surface area contributed by atoms with Gasteiger partial charge in [0.05, 0.1) is 0 Å². The van der Waals surface area contributed by atoms with Crippen LogP contribution in [-0.4, -0.2) is 35.8 Å². The molecule has 4 nitrogen and oxygen atoms in total. The van der Waals surface area contributed by atoms with Crippen molar-refractivity contribution < 1.29 is 9.59 Å². The van der Waals surface area contributed by atoms with E-state index < -0.39 is 6.04 Å². The van der Waals surface area contributed by atoms with E-state index in [0.717, 1.165) is 25.8 Å². The van der Waals surface area contributed by atoms with Gasteiger partial charge in [-0.3, -0.25) is 9.59 Å². The molecule has 2 rings (SSSR count). The Balaban J connectivity index is 2.09. The zero-order chi connectivity index (χ0) is 18.2. The van der Waals surface area contributed by atoms with Gasteiger partial charge in [0.15, 0.2) is 0 Å². The van der Waals surface area contributed by atoms with Crippen LogP contribution >= 0.6 is 0 Å². The number of hydrogen-bond acceptors (Lipinski definition) is 2. The maximum absolute atomic E-state index is 13.1. The number of nitrogens with zero attached hydrogens (tertiary/aromatic N) is 1. The fourth-order valence-electron chi connectivity index (χ4n) is 3.29. The fraction of sp³-hybridized carbons (Fsp3) is 0.524. The minimum atomic E-state index is -0.498. The highest BCUT2D eigenvalue weighted by molar-refractivity contribution is 5.97. The quantitative estimate of drug-likeness (QED) is 0.809. The van der Waals surface area contributed by atoms with Gasteiger partial charge in [0, 0.05) is 25.1 Å². The Labute approximate surface area is 151 Å². The molecular weight excluding hydrogens is 312 g/mol. The van der Waals surface area contributed by atoms with E-state index in [1.54, 1.807) is 12.1 Å². The van der Waals surface area contributed by atoms with Gasteiger partial charge in [0.25, 0.3) is 5.91 Å². The van der Waals surface area contributed by atoms with Crippen LogP contribution in [0.4, 0.5) is 0 Å². The Morgan fingerprint density at radius 2 is 2.08 bits per heavy atom. The fourth-order valence-corrected chi connectivity index (χ4v) is 3.29. The minimum absolute atomic E-state index is 0.0142. The van der Waals surface area contributed by atoms with Crippen molar-refractivity contribution in [3.63, 3.8) is 0 Å². The standard InChI is InChI=1S/C21H28N2O2/c1-4-10-17-11-9-14-23(15-17)21(25)19(16(3)5-2)22-20(24)18-12-7-6-8-13-18/h1,6-8,12-13,16-17,19H,5,9-11,14-15H2,2-3H3,(H,22,24). The lowest BCUT2D eigenvalue weighted by Gasteiger charge is -2.36. The molecule has 1 aromatic rings. The van der Waals surface area contributed by atoms with E-state index in [4.69, 9.17) is 6.42 Å². The van der Waals surface area contributed by atoms with Crippen molar-refractivity contribution in [2.75, 3.05) is 13.1 Å². The van der Waals surface area contributed by atoms with E-state index in [0.29, 0.717) is 24.4 Å². The zero-order valence-electron chi connectivity index (χ0n) is 15.2. The summed E-state index contributed by atoms with van der Waals surface area (Å²) in [6, 6.07) is 8.54. The third-order valence-corrected chi connectivity index (χ3v) is 5.04. The summed E-state index contributed by atoms with van der Waals surface area (Å²) in [5.41, 5.74) is 0.576. The average Bonchev–Trinajstić information content (AvgIpc) is 2.66. The number of carbonyl (C=O) groups excluding carboxylic acids is 2. The molecule has 0 spiro atoms. The molecule has 1 aliphatic heterocycles. The molecule has 0 aromatic heterocycles. The molecule has 1 fully saturated rings. The normalized spacial score (nSPS) is 19.6. The first-order valence-electron chi connectivity index (χ1n) is 9.15. The third-order valence-electron chi connectivity index (χ3n) is 5.04. The van der Waals surface area contributed by atoms with Crippen LogP contribution in [0.15, 0.2) is 30.3 Å². The largest absolute Gasteiger partial charge is 0.341 e. The molecule has 0 aliphatic carbocycles. The summed E-state index contributed by atoms with van der Waals surface area (Å²) >= 11 is 0. The second-order valence-corrected chi connectivity index (χ2v) is 6.90. The molecule has 1 N–H and O–H groups in total. The van der Waals surface area contributed by atoms with Gasteiger partial charge in [-0.05, 0) is 36.8 Å². The third kappa shape index (κ3) is 5.09. The number of likely N-dealkylation sites (tertiary alicyclic amines) is 1. The number of nitrogens with one attached hydrogen (secondary N) is 1. The molecule has 25 heavy (non-hydrogen) atoms. The van der Waals surface area contributed by atoms with Crippen molar-refractivity contribution in [3.8, 4) is 12.3 Å². The molecule has 0 radical (unpaired) electrons. The Morgan fingerprint density at radius 1 is 1.36 bits per heavy atom. The first kappa shape index (κ1) is 19.1. The van der Waals surface area contributed by atoms with Gasteiger partial charge in [0.1, 0.15) is 6.04 Å². The van der Waals surface area contributed by atoms with Gasteiger partial charge in [-0.15, -0.1) is 12.3 Å². The predicted octanol–water partition coefficient (Wildman–Crippen LogP) is 3.09. The molecule has 1 aromatic carbocycles. The molecule has 3 unspecified atom stereocenters. The van der Waals surface area contributed by atoms with Crippen LogP contribution in [0.25, 0.3) is 0 Å². The molecule has 1 aliphatic rings. The van der Waals surface area contributed by atoms with Crippen LogP contribution in [0.2, 0.25) is 0 Å². The van der Waals surface area contributed by atoms with Crippen molar-refractivity contribution in [2.24, 2.45) is 11.8 Å². The van der Waals surface area contributed by atoms with Gasteiger partial charge in [-0.2, -0.15) is 0 Å². The van der Waals surface area contributed by atoms with E-state index >= 15 is 0 Å². The molecule has 3 atom stereocenters. The number of amides is 2. The minimum Gasteiger partial charge on any atom is -0.341 e. The van der Waals surface area contributed by atoms with Crippen molar-refractivity contribution in [3.05, 3.63) is 35.9 Å². The Morgan fingerprint density at radius 3 is 2.72 bits per heavy atom. The smallest absolute Gasteiger partial charge is 0.251 e. The van der Waals surface area contributed by atoms with Gasteiger partial charge < -0.3 is 10.2 Å². The lowest BCUT2D eigenvalue weighted by atomic mass is 9.92. The summed E-state index contributed by atoms with van der Waals surface area (Å²) < 4.78 is 0. The van der Waals surface area contributed by atoms with Gasteiger partial charge in [-0.25, -0.2) is 0 Å². The van der Waals surface area contributed by atoms with Crippen LogP contribution in [0.1, 0.15) is 49.9 Å². The van der Waals surface area contributed by atoms with E-state index in [1.165, 1.54) is 0 Å². The van der Waals surface area contributed by atoms with Crippen molar-refractivity contribution >= 4 is 11.8 Å². The lowest BCUT2D eigenvalue weighted by Crippen LogP contribution is -2.53. The van der Waals surface area contributed by atoms with Gasteiger partial charge in [0.2, 0.25) is 5.91 Å². The van der Waals surface area contributed by atoms with Crippen molar-refractivity contribution in [1.82, 2.24) is 10.2 Å². The topological polar surface area (TPSA) is 49.4 Å². The molecule has 1 heterocycles. The predicted molar refractivity (Wildman–Crippen MR) is 99.9 cm³/mol. The summed E-state index contributed by atoms with van der Waals surface area (Å²) in [6.07, 6.45) is 9.00. The molecular formula is C21H28N2O2. The second kappa shape index (κ2) is 9.27. The van der Waals surface area contributed by atoms with Gasteiger partial charge in [-0.1, -0.05) is 38.5 Å². The Bertz CT molecular complexity index is 621. The average molecular weight is 340 g/mol. The van der Waals surface area contributed by atoms with Crippen LogP contribution < -0.4 is 5.32 Å². The number of carbonyl (C=O) groups is 2. The first-order chi connectivity index (χ1) is 12.1. The molecule has 0 saturated carbocycles. The summed E-state index contributed by atoms with van der Waals surface area (Å²) in [6.45, 7) is 5.49. The van der Waals surface area contributed by atoms with Crippen molar-refractivity contribution in [2.45, 2.75) is 45.6 Å². The highest BCUT2D eigenvalue weighted by atomic mass is 16.2. The van der Waals surface area contributed by atoms with E-state index in [2.05, 4.69) is 11.2 Å². The Hall–Kier alpha value is -2.28. The first-order valence-corrected chi connectivity index (χ1v) is 9.15. The zero-order valence-corrected chi connectivity index (χ0v) is 15.2. The summed E-state index contributed by atoms with van der Waals surface area (Å²) in [5.74, 6) is 2.97. The molecule has 134 valence electrons. The van der Waals surface area contributed by atoms with Crippen LogP contribution in [0.3, 0.4) is 0 Å². The molecule has 0 bridgehead atoms. The number of terminal acetylenes is 1. The summed E-state index contributed by atoms with van der Waals surface area (Å²) in [5, 5.41) is 2.96. The second-order valence-electron chi connectivity index (χ2n) is 6.90. The van der Waals surface area contributed by atoms with Crippen LogP contribution in [0, 0.1) is 24.2 Å². The highest BCUT2D eigenvalue weighted by Crippen LogP contribution is 2.21. The number of piperidine rings is 1. The van der Waals surface area contributed by atoms with Crippen molar-refractivity contribution in [1.29, 1.82) is 0 Å². The molecule has 4 heteroatoms. The van der Waals surface area contributed by atoms with Crippen LogP contribution in [-0.2, 0) is 4.79 Å². The maximum Gasteiger partial charge on any atom is 0.251 e. The number of rotatable bonds is 6. The van der Waals surface area contributed by atoms with Crippen LogP contribution in [0.5, 0.6) is 0 Å². The van der Waals surface area contributed by atoms with E-state index in [-0.39, 0.29) is 17.7 Å². The summed E-state index contributed by atoms with van der Waals surface area (Å²) in [7, 11) is 0. The number of hydrogen-bond donors (Lipinski definition) is 1. The molecule has 2 amide bonds. The maximum atomic E-state index is 13.1.